The summed E-state index contributed by atoms with van der Waals surface area (Å²) in [6.07, 6.45) is 1.03. The molecule has 0 unspecified atom stereocenters. The summed E-state index contributed by atoms with van der Waals surface area (Å²) in [5.74, 6) is -4.10. The molecule has 2 aromatic rings. The number of carbonyl (C=O) groups excluding carboxylic acids is 1. The molecule has 0 aliphatic rings. The fourth-order valence-electron chi connectivity index (χ4n) is 1.97. The van der Waals surface area contributed by atoms with E-state index in [0.29, 0.717) is 0 Å². The standard InChI is InChI=1S/C16H13Cl2F2NO3S/c1-25(23,24)12-5-2-10(3-6-12)15(22)21-9-16(19,20)11-4-7-13(17)14(18)8-11/h2-8H,9H2,1H3,(H,21,22). The summed E-state index contributed by atoms with van der Waals surface area (Å²) in [4.78, 5) is 12.0. The lowest BCUT2D eigenvalue weighted by Gasteiger charge is -2.18. The SMILES string of the molecule is CS(=O)(=O)c1ccc(C(=O)NCC(F)(F)c2ccc(Cl)c(Cl)c2)cc1. The molecule has 4 nitrogen and oxygen atoms in total. The van der Waals surface area contributed by atoms with Gasteiger partial charge in [0.15, 0.2) is 9.84 Å². The lowest BCUT2D eigenvalue weighted by atomic mass is 10.1. The Morgan fingerprint density at radius 1 is 1.08 bits per heavy atom. The highest BCUT2D eigenvalue weighted by Gasteiger charge is 2.32. The van der Waals surface area contributed by atoms with Gasteiger partial charge in [-0.2, -0.15) is 8.78 Å². The first kappa shape index (κ1) is 19.6. The zero-order valence-corrected chi connectivity index (χ0v) is 15.2. The van der Waals surface area contributed by atoms with Crippen LogP contribution >= 0.6 is 23.2 Å². The summed E-state index contributed by atoms with van der Waals surface area (Å²) >= 11 is 11.4. The minimum atomic E-state index is -3.40. The second-order valence-corrected chi connectivity index (χ2v) is 8.14. The van der Waals surface area contributed by atoms with Crippen LogP contribution in [0.25, 0.3) is 0 Å². The first-order valence-electron chi connectivity index (χ1n) is 6.92. The van der Waals surface area contributed by atoms with Crippen LogP contribution in [0, 0.1) is 0 Å². The van der Waals surface area contributed by atoms with Crippen LogP contribution in [0.4, 0.5) is 8.78 Å². The Kier molecular flexibility index (Phi) is 5.71. The number of amides is 1. The molecule has 0 fully saturated rings. The van der Waals surface area contributed by atoms with Crippen molar-refractivity contribution in [2.24, 2.45) is 0 Å². The van der Waals surface area contributed by atoms with Gasteiger partial charge in [-0.1, -0.05) is 29.3 Å². The van der Waals surface area contributed by atoms with Crippen LogP contribution in [-0.2, 0) is 15.8 Å². The van der Waals surface area contributed by atoms with Crippen LogP contribution in [0.5, 0.6) is 0 Å². The van der Waals surface area contributed by atoms with Crippen molar-refractivity contribution in [1.82, 2.24) is 5.32 Å². The molecule has 2 aromatic carbocycles. The number of carbonyl (C=O) groups is 1. The van der Waals surface area contributed by atoms with E-state index in [-0.39, 0.29) is 26.1 Å². The molecule has 25 heavy (non-hydrogen) atoms. The molecule has 0 radical (unpaired) electrons. The third-order valence-corrected chi connectivity index (χ3v) is 5.23. The van der Waals surface area contributed by atoms with Gasteiger partial charge in [0, 0.05) is 17.4 Å². The fraction of sp³-hybridized carbons (Fsp3) is 0.188. The Morgan fingerprint density at radius 2 is 1.68 bits per heavy atom. The average molecular weight is 408 g/mol. The molecule has 0 aliphatic carbocycles. The van der Waals surface area contributed by atoms with Crippen molar-refractivity contribution in [2.75, 3.05) is 12.8 Å². The van der Waals surface area contributed by atoms with Crippen molar-refractivity contribution >= 4 is 38.9 Å². The van der Waals surface area contributed by atoms with E-state index in [1.54, 1.807) is 0 Å². The van der Waals surface area contributed by atoms with Crippen LogP contribution in [0.15, 0.2) is 47.4 Å². The van der Waals surface area contributed by atoms with Crippen LogP contribution < -0.4 is 5.32 Å². The van der Waals surface area contributed by atoms with Gasteiger partial charge in [-0.25, -0.2) is 8.42 Å². The maximum absolute atomic E-state index is 14.2. The number of hydrogen-bond acceptors (Lipinski definition) is 3. The number of alkyl halides is 2. The van der Waals surface area contributed by atoms with Gasteiger partial charge in [-0.15, -0.1) is 0 Å². The maximum atomic E-state index is 14.2. The predicted octanol–water partition coefficient (Wildman–Crippen LogP) is 3.92. The van der Waals surface area contributed by atoms with Gasteiger partial charge in [0.25, 0.3) is 11.8 Å². The number of nitrogens with one attached hydrogen (secondary N) is 1. The van der Waals surface area contributed by atoms with E-state index >= 15 is 0 Å². The summed E-state index contributed by atoms with van der Waals surface area (Å²) < 4.78 is 51.1. The van der Waals surface area contributed by atoms with Crippen LogP contribution in [0.3, 0.4) is 0 Å². The van der Waals surface area contributed by atoms with Crippen molar-refractivity contribution in [1.29, 1.82) is 0 Å². The number of hydrogen-bond donors (Lipinski definition) is 1. The van der Waals surface area contributed by atoms with Gasteiger partial charge in [0.05, 0.1) is 21.5 Å². The maximum Gasteiger partial charge on any atom is 0.290 e. The molecule has 0 spiro atoms. The molecule has 134 valence electrons. The number of sulfone groups is 1. The molecule has 0 bridgehead atoms. The van der Waals surface area contributed by atoms with Gasteiger partial charge in [-0.05, 0) is 36.4 Å². The van der Waals surface area contributed by atoms with Crippen LogP contribution in [-0.4, -0.2) is 27.1 Å². The Balaban J connectivity index is 2.09. The molecule has 0 saturated heterocycles. The van der Waals surface area contributed by atoms with E-state index in [9.17, 15) is 22.0 Å². The number of rotatable bonds is 5. The molecule has 1 N–H and O–H groups in total. The topological polar surface area (TPSA) is 63.2 Å². The van der Waals surface area contributed by atoms with Crippen molar-refractivity contribution < 1.29 is 22.0 Å². The lowest BCUT2D eigenvalue weighted by molar-refractivity contribution is -0.00246. The van der Waals surface area contributed by atoms with E-state index in [1.807, 2.05) is 0 Å². The average Bonchev–Trinajstić information content (AvgIpc) is 2.54. The first-order chi connectivity index (χ1) is 11.5. The molecule has 9 heteroatoms. The highest BCUT2D eigenvalue weighted by molar-refractivity contribution is 7.90. The first-order valence-corrected chi connectivity index (χ1v) is 9.57. The molecule has 1 amide bonds. The van der Waals surface area contributed by atoms with Crippen molar-refractivity contribution in [3.63, 3.8) is 0 Å². The molecule has 0 heterocycles. The van der Waals surface area contributed by atoms with Crippen molar-refractivity contribution in [3.05, 3.63) is 63.6 Å². The Labute approximate surface area is 153 Å². The number of halogens is 4. The zero-order valence-electron chi connectivity index (χ0n) is 12.9. The van der Waals surface area contributed by atoms with Gasteiger partial charge >= 0.3 is 0 Å². The third-order valence-electron chi connectivity index (χ3n) is 3.36. The van der Waals surface area contributed by atoms with Gasteiger partial charge in [0.2, 0.25) is 0 Å². The van der Waals surface area contributed by atoms with Gasteiger partial charge in [-0.3, -0.25) is 4.79 Å². The summed E-state index contributed by atoms with van der Waals surface area (Å²) in [6, 6.07) is 8.39. The summed E-state index contributed by atoms with van der Waals surface area (Å²) in [5.41, 5.74) is -0.313. The van der Waals surface area contributed by atoms with Crippen molar-refractivity contribution in [3.8, 4) is 0 Å². The third kappa shape index (κ3) is 4.90. The monoisotopic (exact) mass is 407 g/mol. The predicted molar refractivity (Wildman–Crippen MR) is 92.2 cm³/mol. The van der Waals surface area contributed by atoms with Crippen LogP contribution in [0.1, 0.15) is 15.9 Å². The Morgan fingerprint density at radius 3 is 2.20 bits per heavy atom. The second kappa shape index (κ2) is 7.27. The van der Waals surface area contributed by atoms with E-state index in [2.05, 4.69) is 5.32 Å². The van der Waals surface area contributed by atoms with E-state index in [1.165, 1.54) is 30.3 Å². The molecular weight excluding hydrogens is 395 g/mol. The minimum Gasteiger partial charge on any atom is -0.346 e. The quantitative estimate of drug-likeness (QED) is 0.816. The Bertz CT molecular complexity index is 900. The fourth-order valence-corrected chi connectivity index (χ4v) is 2.90. The van der Waals surface area contributed by atoms with Gasteiger partial charge in [0.1, 0.15) is 0 Å². The smallest absolute Gasteiger partial charge is 0.290 e. The zero-order chi connectivity index (χ0) is 18.8. The molecule has 0 aromatic heterocycles. The Hall–Kier alpha value is -1.70. The molecule has 0 saturated carbocycles. The van der Waals surface area contributed by atoms with Crippen LogP contribution in [0.2, 0.25) is 10.0 Å². The molecule has 2 rings (SSSR count). The highest BCUT2D eigenvalue weighted by Crippen LogP contribution is 2.32. The lowest BCUT2D eigenvalue weighted by Crippen LogP contribution is -2.35. The van der Waals surface area contributed by atoms with E-state index in [4.69, 9.17) is 23.2 Å². The molecule has 0 aliphatic heterocycles. The largest absolute Gasteiger partial charge is 0.346 e. The summed E-state index contributed by atoms with van der Waals surface area (Å²) in [5, 5.41) is 2.25. The van der Waals surface area contributed by atoms with E-state index in [0.717, 1.165) is 18.4 Å². The molecular formula is C16H13Cl2F2NO3S. The molecule has 0 atom stereocenters. The summed E-state index contributed by atoms with van der Waals surface area (Å²) in [6.45, 7) is -0.947. The highest BCUT2D eigenvalue weighted by atomic mass is 35.5. The normalized spacial score (nSPS) is 12.0. The van der Waals surface area contributed by atoms with E-state index < -0.39 is 28.2 Å². The summed E-state index contributed by atoms with van der Waals surface area (Å²) in [7, 11) is -3.40. The van der Waals surface area contributed by atoms with Crippen molar-refractivity contribution in [2.45, 2.75) is 10.8 Å². The minimum absolute atomic E-state index is 0.0125. The van der Waals surface area contributed by atoms with Gasteiger partial charge < -0.3 is 5.32 Å². The number of benzene rings is 2. The second-order valence-electron chi connectivity index (χ2n) is 5.31.